The molecule has 0 saturated carbocycles. The maximum absolute atomic E-state index is 10.5. The molecule has 0 aliphatic heterocycles. The third-order valence-corrected chi connectivity index (χ3v) is 2.58. The van der Waals surface area contributed by atoms with Gasteiger partial charge in [0, 0.05) is 10.7 Å². The Hall–Kier alpha value is -0.680. The fourth-order valence-corrected chi connectivity index (χ4v) is 1.61. The van der Waals surface area contributed by atoms with Crippen LogP contribution in [0.5, 0.6) is 0 Å². The van der Waals surface area contributed by atoms with Crippen molar-refractivity contribution in [1.29, 1.82) is 0 Å². The molecule has 1 N–H and O–H groups in total. The third-order valence-electron chi connectivity index (χ3n) is 1.27. The maximum atomic E-state index is 10.5. The van der Waals surface area contributed by atoms with Crippen LogP contribution in [0.3, 0.4) is 0 Å². The Labute approximate surface area is 88.2 Å². The van der Waals surface area contributed by atoms with Gasteiger partial charge in [0.05, 0.1) is 5.69 Å². The summed E-state index contributed by atoms with van der Waals surface area (Å²) in [4.78, 5) is 14.4. The van der Waals surface area contributed by atoms with Crippen LogP contribution in [0.1, 0.15) is 21.9 Å². The lowest BCUT2D eigenvalue weighted by atomic mass is 10.3. The molecule has 1 aromatic heterocycles. The molecule has 5 heteroatoms. The quantitative estimate of drug-likeness (QED) is 0.848. The Morgan fingerprint density at radius 3 is 3.08 bits per heavy atom. The zero-order chi connectivity index (χ0) is 9.68. The van der Waals surface area contributed by atoms with Gasteiger partial charge in [0.25, 0.3) is 0 Å². The number of rotatable bonds is 4. The number of aromatic nitrogens is 1. The Bertz CT molecular complexity index is 322. The molecule has 0 fully saturated rings. The van der Waals surface area contributed by atoms with Crippen molar-refractivity contribution in [3.05, 3.63) is 22.2 Å². The minimum Gasteiger partial charge on any atom is -0.476 e. The van der Waals surface area contributed by atoms with Crippen molar-refractivity contribution in [2.24, 2.45) is 0 Å². The molecule has 0 unspecified atom stereocenters. The van der Waals surface area contributed by atoms with Gasteiger partial charge in [-0.2, -0.15) is 0 Å². The minimum absolute atomic E-state index is 0.137. The molecule has 0 bridgehead atoms. The number of nitrogens with zero attached hydrogens (tertiary/aromatic N) is 1. The first kappa shape index (κ1) is 10.4. The van der Waals surface area contributed by atoms with Crippen molar-refractivity contribution < 1.29 is 9.90 Å². The fourth-order valence-electron chi connectivity index (χ4n) is 0.728. The standard InChI is InChI=1S/C8H8BrNO2S/c9-4-2-1-3-6-5-13-7(10-6)8(11)12/h1,3,5H,2,4H2,(H,11,12). The largest absolute Gasteiger partial charge is 0.476 e. The van der Waals surface area contributed by atoms with Crippen LogP contribution in [0, 0.1) is 0 Å². The Morgan fingerprint density at radius 2 is 2.54 bits per heavy atom. The molecule has 3 nitrogen and oxygen atoms in total. The first-order valence-corrected chi connectivity index (χ1v) is 5.65. The summed E-state index contributed by atoms with van der Waals surface area (Å²) < 4.78 is 0. The van der Waals surface area contributed by atoms with Crippen molar-refractivity contribution >= 4 is 39.3 Å². The molecule has 0 aliphatic carbocycles. The highest BCUT2D eigenvalue weighted by Crippen LogP contribution is 2.11. The van der Waals surface area contributed by atoms with Crippen molar-refractivity contribution in [3.63, 3.8) is 0 Å². The fraction of sp³-hybridized carbons (Fsp3) is 0.250. The van der Waals surface area contributed by atoms with Gasteiger partial charge in [-0.15, -0.1) is 11.3 Å². The molecule has 0 saturated heterocycles. The van der Waals surface area contributed by atoms with Crippen molar-refractivity contribution in [2.45, 2.75) is 6.42 Å². The van der Waals surface area contributed by atoms with Gasteiger partial charge >= 0.3 is 5.97 Å². The van der Waals surface area contributed by atoms with E-state index >= 15 is 0 Å². The van der Waals surface area contributed by atoms with Gasteiger partial charge in [0.1, 0.15) is 0 Å². The van der Waals surface area contributed by atoms with Gasteiger partial charge in [0.2, 0.25) is 5.01 Å². The van der Waals surface area contributed by atoms with Crippen LogP contribution in [0.15, 0.2) is 11.5 Å². The SMILES string of the molecule is O=C(O)c1nc(C=CCCBr)cs1. The number of carbonyl (C=O) groups is 1. The van der Waals surface area contributed by atoms with Gasteiger partial charge in [-0.1, -0.05) is 22.0 Å². The second-order valence-corrected chi connectivity index (χ2v) is 3.91. The van der Waals surface area contributed by atoms with E-state index in [1.807, 2.05) is 12.2 Å². The summed E-state index contributed by atoms with van der Waals surface area (Å²) in [5.41, 5.74) is 0.711. The zero-order valence-electron chi connectivity index (χ0n) is 6.74. The summed E-state index contributed by atoms with van der Waals surface area (Å²) in [6, 6.07) is 0. The number of alkyl halides is 1. The highest BCUT2D eigenvalue weighted by Gasteiger charge is 2.06. The van der Waals surface area contributed by atoms with Crippen LogP contribution in [0.4, 0.5) is 0 Å². The van der Waals surface area contributed by atoms with Gasteiger partial charge < -0.3 is 5.11 Å². The highest BCUT2D eigenvalue weighted by molar-refractivity contribution is 9.09. The normalized spacial score (nSPS) is 10.8. The van der Waals surface area contributed by atoms with E-state index in [0.29, 0.717) is 5.69 Å². The molecular formula is C8H8BrNO2S. The van der Waals surface area contributed by atoms with Gasteiger partial charge in [-0.3, -0.25) is 0 Å². The Kier molecular flexibility index (Phi) is 4.11. The number of aromatic carboxylic acids is 1. The van der Waals surface area contributed by atoms with E-state index in [2.05, 4.69) is 20.9 Å². The molecule has 70 valence electrons. The van der Waals surface area contributed by atoms with Gasteiger partial charge in [-0.05, 0) is 12.5 Å². The molecule has 1 aromatic rings. The molecule has 0 aliphatic rings. The predicted molar refractivity (Wildman–Crippen MR) is 56.5 cm³/mol. The number of carboxylic acids is 1. The second kappa shape index (κ2) is 5.14. The third kappa shape index (κ3) is 3.28. The minimum atomic E-state index is -0.967. The monoisotopic (exact) mass is 261 g/mol. The topological polar surface area (TPSA) is 50.2 Å². The average Bonchev–Trinajstić information content (AvgIpc) is 2.53. The first-order valence-electron chi connectivity index (χ1n) is 3.65. The lowest BCUT2D eigenvalue weighted by Gasteiger charge is -1.83. The number of thiazole rings is 1. The number of halogens is 1. The molecule has 1 rings (SSSR count). The number of hydrogen-bond donors (Lipinski definition) is 1. The van der Waals surface area contributed by atoms with Gasteiger partial charge in [0.15, 0.2) is 0 Å². The van der Waals surface area contributed by atoms with E-state index in [4.69, 9.17) is 5.11 Å². The Morgan fingerprint density at radius 1 is 1.77 bits per heavy atom. The van der Waals surface area contributed by atoms with E-state index in [-0.39, 0.29) is 5.01 Å². The first-order chi connectivity index (χ1) is 6.24. The summed E-state index contributed by atoms with van der Waals surface area (Å²) in [6.07, 6.45) is 4.69. The molecule has 0 amide bonds. The zero-order valence-corrected chi connectivity index (χ0v) is 9.14. The van der Waals surface area contributed by atoms with Crippen molar-refractivity contribution in [2.75, 3.05) is 5.33 Å². The molecule has 0 radical (unpaired) electrons. The summed E-state index contributed by atoms with van der Waals surface area (Å²) in [7, 11) is 0. The molecular weight excluding hydrogens is 254 g/mol. The second-order valence-electron chi connectivity index (χ2n) is 2.26. The average molecular weight is 262 g/mol. The molecule has 0 atom stereocenters. The highest BCUT2D eigenvalue weighted by atomic mass is 79.9. The molecule has 1 heterocycles. The smallest absolute Gasteiger partial charge is 0.365 e. The van der Waals surface area contributed by atoms with Crippen LogP contribution in [0.2, 0.25) is 0 Å². The van der Waals surface area contributed by atoms with Crippen LogP contribution >= 0.6 is 27.3 Å². The van der Waals surface area contributed by atoms with Gasteiger partial charge in [-0.25, -0.2) is 9.78 Å². The number of allylic oxidation sites excluding steroid dienone is 1. The summed E-state index contributed by atoms with van der Waals surface area (Å²) in [6.45, 7) is 0. The van der Waals surface area contributed by atoms with Crippen LogP contribution in [-0.2, 0) is 0 Å². The van der Waals surface area contributed by atoms with E-state index in [1.165, 1.54) is 0 Å². The molecule has 0 spiro atoms. The summed E-state index contributed by atoms with van der Waals surface area (Å²) in [5, 5.41) is 11.4. The van der Waals surface area contributed by atoms with Crippen LogP contribution < -0.4 is 0 Å². The maximum Gasteiger partial charge on any atom is 0.365 e. The summed E-state index contributed by atoms with van der Waals surface area (Å²) >= 11 is 4.43. The Balaban J connectivity index is 2.64. The van der Waals surface area contributed by atoms with E-state index in [9.17, 15) is 4.79 Å². The lowest BCUT2D eigenvalue weighted by Crippen LogP contribution is -1.93. The lowest BCUT2D eigenvalue weighted by molar-refractivity contribution is 0.0696. The van der Waals surface area contributed by atoms with E-state index in [1.54, 1.807) is 5.38 Å². The number of carboxylic acid groups (broad SMARTS) is 1. The van der Waals surface area contributed by atoms with Crippen molar-refractivity contribution in [3.8, 4) is 0 Å². The van der Waals surface area contributed by atoms with Crippen LogP contribution in [-0.4, -0.2) is 21.4 Å². The molecule has 13 heavy (non-hydrogen) atoms. The van der Waals surface area contributed by atoms with E-state index < -0.39 is 5.97 Å². The van der Waals surface area contributed by atoms with E-state index in [0.717, 1.165) is 23.1 Å². The van der Waals surface area contributed by atoms with Crippen LogP contribution in [0.25, 0.3) is 6.08 Å². The predicted octanol–water partition coefficient (Wildman–Crippen LogP) is 2.64. The summed E-state index contributed by atoms with van der Waals surface area (Å²) in [5.74, 6) is -0.967. The van der Waals surface area contributed by atoms with Crippen molar-refractivity contribution in [1.82, 2.24) is 4.98 Å². The molecule has 0 aromatic carbocycles. The number of hydrogen-bond acceptors (Lipinski definition) is 3.